The van der Waals surface area contributed by atoms with E-state index in [0.717, 1.165) is 22.0 Å². The molecule has 0 aliphatic carbocycles. The minimum Gasteiger partial charge on any atom is -0.459 e. The summed E-state index contributed by atoms with van der Waals surface area (Å²) in [5.41, 5.74) is 1.83. The molecule has 0 spiro atoms. The van der Waals surface area contributed by atoms with Crippen LogP contribution in [-0.2, 0) is 20.7 Å². The topological polar surface area (TPSA) is 101 Å². The summed E-state index contributed by atoms with van der Waals surface area (Å²) >= 11 is 0. The molecular formula is C30H39N3O5. The zero-order valence-electron chi connectivity index (χ0n) is 23.4. The van der Waals surface area contributed by atoms with Crippen LogP contribution in [0.3, 0.4) is 0 Å². The number of aromatic nitrogens is 1. The highest BCUT2D eigenvalue weighted by molar-refractivity contribution is 5.99. The molecule has 1 aromatic heterocycles. The first kappa shape index (κ1) is 28.8. The van der Waals surface area contributed by atoms with Crippen LogP contribution in [0.1, 0.15) is 63.2 Å². The van der Waals surface area contributed by atoms with E-state index in [9.17, 15) is 14.4 Å². The molecular weight excluding hydrogens is 482 g/mol. The van der Waals surface area contributed by atoms with Gasteiger partial charge in [0.2, 0.25) is 0 Å². The number of aryl methyl sites for hydroxylation is 1. The van der Waals surface area contributed by atoms with Gasteiger partial charge in [-0.05, 0) is 78.6 Å². The number of benzene rings is 2. The Morgan fingerprint density at radius 3 is 2.21 bits per heavy atom. The van der Waals surface area contributed by atoms with Gasteiger partial charge < -0.3 is 24.7 Å². The third-order valence-electron chi connectivity index (χ3n) is 5.52. The van der Waals surface area contributed by atoms with Crippen molar-refractivity contribution in [2.24, 2.45) is 0 Å². The van der Waals surface area contributed by atoms with E-state index in [1.165, 1.54) is 4.90 Å². The third kappa shape index (κ3) is 8.94. The first-order valence-electron chi connectivity index (χ1n) is 12.8. The monoisotopic (exact) mass is 521 g/mol. The number of alkyl carbamates (subject to hydrolysis) is 1. The predicted octanol–water partition coefficient (Wildman–Crippen LogP) is 5.40. The quantitative estimate of drug-likeness (QED) is 0.387. The van der Waals surface area contributed by atoms with Gasteiger partial charge in [-0.15, -0.1) is 0 Å². The molecule has 204 valence electrons. The summed E-state index contributed by atoms with van der Waals surface area (Å²) in [5, 5.41) is 3.80. The number of nitrogens with zero attached hydrogens (tertiary/aromatic N) is 1. The molecule has 3 rings (SSSR count). The number of fused-ring (bicyclic) bond motifs is 1. The lowest BCUT2D eigenvalue weighted by atomic mass is 10.1. The number of nitrogens with one attached hydrogen (secondary N) is 2. The standard InChI is InChI=1S/C30H39N3O5/c1-20-13-14-24-22(15-20)17-25(32-24)27(35)33(19-26(34)37-29(2,3)4)18-23(16-21-11-9-8-10-12-21)31-28(36)38-30(5,6)7/h8-15,17,23,32H,16,18-19H2,1-7H3,(H,31,36)/t23-/m0/s1. The minimum absolute atomic E-state index is 0.0700. The van der Waals surface area contributed by atoms with Crippen LogP contribution in [0.5, 0.6) is 0 Å². The van der Waals surface area contributed by atoms with Crippen LogP contribution in [0.25, 0.3) is 10.9 Å². The number of esters is 1. The van der Waals surface area contributed by atoms with Crippen LogP contribution in [0.2, 0.25) is 0 Å². The highest BCUT2D eigenvalue weighted by Crippen LogP contribution is 2.19. The Hall–Kier alpha value is -3.81. The number of H-pyrrole nitrogens is 1. The van der Waals surface area contributed by atoms with Crippen LogP contribution < -0.4 is 5.32 Å². The second kappa shape index (κ2) is 11.7. The Morgan fingerprint density at radius 2 is 1.58 bits per heavy atom. The summed E-state index contributed by atoms with van der Waals surface area (Å²) in [6.45, 7) is 12.5. The van der Waals surface area contributed by atoms with Gasteiger partial charge in [0.15, 0.2) is 0 Å². The smallest absolute Gasteiger partial charge is 0.407 e. The zero-order chi connectivity index (χ0) is 28.1. The molecule has 0 radical (unpaired) electrons. The first-order valence-corrected chi connectivity index (χ1v) is 12.8. The molecule has 2 N–H and O–H groups in total. The molecule has 2 amide bonds. The number of amides is 2. The maximum atomic E-state index is 13.7. The van der Waals surface area contributed by atoms with E-state index in [-0.39, 0.29) is 19.0 Å². The van der Waals surface area contributed by atoms with E-state index in [0.29, 0.717) is 12.1 Å². The number of hydrogen-bond acceptors (Lipinski definition) is 5. The number of hydrogen-bond donors (Lipinski definition) is 2. The number of carbonyl (C=O) groups excluding carboxylic acids is 3. The fourth-order valence-electron chi connectivity index (χ4n) is 4.09. The molecule has 1 atom stereocenters. The summed E-state index contributed by atoms with van der Waals surface area (Å²) in [6, 6.07) is 16.8. The summed E-state index contributed by atoms with van der Waals surface area (Å²) in [6.07, 6.45) is -0.159. The Morgan fingerprint density at radius 1 is 0.921 bits per heavy atom. The predicted molar refractivity (Wildman–Crippen MR) is 148 cm³/mol. The number of rotatable bonds is 8. The molecule has 3 aromatic rings. The van der Waals surface area contributed by atoms with Gasteiger partial charge in [-0.25, -0.2) is 4.79 Å². The van der Waals surface area contributed by atoms with Crippen LogP contribution >= 0.6 is 0 Å². The van der Waals surface area contributed by atoms with Gasteiger partial charge in [0, 0.05) is 17.4 Å². The largest absolute Gasteiger partial charge is 0.459 e. The summed E-state index contributed by atoms with van der Waals surface area (Å²) in [4.78, 5) is 43.9. The van der Waals surface area contributed by atoms with E-state index in [2.05, 4.69) is 10.3 Å². The molecule has 0 aliphatic rings. The fourth-order valence-corrected chi connectivity index (χ4v) is 4.09. The van der Waals surface area contributed by atoms with Crippen LogP contribution in [0.4, 0.5) is 4.79 Å². The second-order valence-corrected chi connectivity index (χ2v) is 11.6. The third-order valence-corrected chi connectivity index (χ3v) is 5.52. The Labute approximate surface area is 224 Å². The van der Waals surface area contributed by atoms with E-state index >= 15 is 0 Å². The highest BCUT2D eigenvalue weighted by Gasteiger charge is 2.28. The average Bonchev–Trinajstić information content (AvgIpc) is 3.19. The van der Waals surface area contributed by atoms with Crippen molar-refractivity contribution in [1.82, 2.24) is 15.2 Å². The second-order valence-electron chi connectivity index (χ2n) is 11.6. The van der Waals surface area contributed by atoms with Crippen LogP contribution in [0.15, 0.2) is 54.6 Å². The Balaban J connectivity index is 1.91. The molecule has 0 saturated carbocycles. The Kier molecular flexibility index (Phi) is 8.86. The van der Waals surface area contributed by atoms with Crippen molar-refractivity contribution in [1.29, 1.82) is 0 Å². The maximum absolute atomic E-state index is 13.7. The molecule has 0 saturated heterocycles. The molecule has 8 heteroatoms. The van der Waals surface area contributed by atoms with Crippen molar-refractivity contribution >= 4 is 28.9 Å². The van der Waals surface area contributed by atoms with E-state index in [1.54, 1.807) is 47.6 Å². The van der Waals surface area contributed by atoms with Crippen molar-refractivity contribution in [2.75, 3.05) is 13.1 Å². The molecule has 0 aliphatic heterocycles. The number of aromatic amines is 1. The van der Waals surface area contributed by atoms with Crippen molar-refractivity contribution < 1.29 is 23.9 Å². The zero-order valence-corrected chi connectivity index (χ0v) is 23.4. The summed E-state index contributed by atoms with van der Waals surface area (Å²) < 4.78 is 11.0. The van der Waals surface area contributed by atoms with Crippen molar-refractivity contribution in [3.05, 3.63) is 71.4 Å². The lowest BCUT2D eigenvalue weighted by Gasteiger charge is -2.29. The summed E-state index contributed by atoms with van der Waals surface area (Å²) in [7, 11) is 0. The normalized spacial score (nSPS) is 12.6. The molecule has 0 fully saturated rings. The summed E-state index contributed by atoms with van der Waals surface area (Å²) in [5.74, 6) is -0.901. The van der Waals surface area contributed by atoms with E-state index in [4.69, 9.17) is 9.47 Å². The van der Waals surface area contributed by atoms with E-state index in [1.807, 2.05) is 55.5 Å². The van der Waals surface area contributed by atoms with Crippen LogP contribution in [-0.4, -0.2) is 58.2 Å². The molecule has 0 bridgehead atoms. The number of ether oxygens (including phenoxy) is 2. The van der Waals surface area contributed by atoms with Crippen molar-refractivity contribution in [2.45, 2.75) is 72.1 Å². The molecule has 1 heterocycles. The lowest BCUT2D eigenvalue weighted by Crippen LogP contribution is -2.50. The van der Waals surface area contributed by atoms with Crippen molar-refractivity contribution in [3.8, 4) is 0 Å². The van der Waals surface area contributed by atoms with Gasteiger partial charge in [-0.1, -0.05) is 42.0 Å². The van der Waals surface area contributed by atoms with E-state index < -0.39 is 29.3 Å². The first-order chi connectivity index (χ1) is 17.7. The van der Waals surface area contributed by atoms with Gasteiger partial charge in [0.25, 0.3) is 5.91 Å². The van der Waals surface area contributed by atoms with Gasteiger partial charge in [0.05, 0.1) is 6.04 Å². The Bertz CT molecular complexity index is 1270. The molecule has 2 aromatic carbocycles. The van der Waals surface area contributed by atoms with Gasteiger partial charge in [-0.3, -0.25) is 9.59 Å². The molecule has 38 heavy (non-hydrogen) atoms. The molecule has 0 unspecified atom stereocenters. The highest BCUT2D eigenvalue weighted by atomic mass is 16.6. The SMILES string of the molecule is Cc1ccc2[nH]c(C(=O)N(CC(=O)OC(C)(C)C)C[C@H](Cc3ccccc3)NC(=O)OC(C)(C)C)cc2c1. The maximum Gasteiger partial charge on any atom is 0.407 e. The molecule has 8 nitrogen and oxygen atoms in total. The van der Waals surface area contributed by atoms with Crippen LogP contribution in [0, 0.1) is 6.92 Å². The van der Waals surface area contributed by atoms with Gasteiger partial charge >= 0.3 is 12.1 Å². The van der Waals surface area contributed by atoms with Crippen molar-refractivity contribution in [3.63, 3.8) is 0 Å². The van der Waals surface area contributed by atoms with Gasteiger partial charge in [0.1, 0.15) is 23.4 Å². The lowest BCUT2D eigenvalue weighted by molar-refractivity contribution is -0.155. The fraction of sp³-hybridized carbons (Fsp3) is 0.433. The number of carbonyl (C=O) groups is 3. The average molecular weight is 522 g/mol. The van der Waals surface area contributed by atoms with Gasteiger partial charge in [-0.2, -0.15) is 0 Å². The minimum atomic E-state index is -0.706.